The summed E-state index contributed by atoms with van der Waals surface area (Å²) in [5.74, 6) is 0.807. The first-order chi connectivity index (χ1) is 8.24. The Morgan fingerprint density at radius 3 is 2.67 bits per heavy atom. The van der Waals surface area contributed by atoms with Gasteiger partial charge in [-0.3, -0.25) is 0 Å². The molecule has 0 bridgehead atoms. The lowest BCUT2D eigenvalue weighted by Gasteiger charge is -2.27. The Morgan fingerprint density at radius 1 is 1.33 bits per heavy atom. The third kappa shape index (κ3) is 5.06. The van der Waals surface area contributed by atoms with Crippen molar-refractivity contribution in [2.24, 2.45) is 5.92 Å². The summed E-state index contributed by atoms with van der Waals surface area (Å²) >= 11 is 5.71. The highest BCUT2D eigenvalue weighted by atomic mass is 35.5. The quantitative estimate of drug-likeness (QED) is 0.921. The molecular formula is C12H20Cl2N4. The summed E-state index contributed by atoms with van der Waals surface area (Å²) in [5.41, 5.74) is 0.978. The molecule has 0 atom stereocenters. The van der Waals surface area contributed by atoms with Gasteiger partial charge in [-0.25, -0.2) is 0 Å². The van der Waals surface area contributed by atoms with Crippen molar-refractivity contribution >= 4 is 24.0 Å². The van der Waals surface area contributed by atoms with Crippen LogP contribution >= 0.6 is 24.0 Å². The lowest BCUT2D eigenvalue weighted by atomic mass is 9.98. The fourth-order valence-corrected chi connectivity index (χ4v) is 2.37. The molecule has 18 heavy (non-hydrogen) atoms. The zero-order valence-electron chi connectivity index (χ0n) is 10.6. The maximum absolute atomic E-state index is 5.71. The molecular weight excluding hydrogens is 271 g/mol. The number of hydrogen-bond acceptors (Lipinski definition) is 4. The van der Waals surface area contributed by atoms with Crippen molar-refractivity contribution < 1.29 is 0 Å². The molecule has 0 amide bonds. The summed E-state index contributed by atoms with van der Waals surface area (Å²) in [6, 6.07) is 3.73. The molecule has 1 aromatic rings. The van der Waals surface area contributed by atoms with Crippen LogP contribution in [0.3, 0.4) is 0 Å². The van der Waals surface area contributed by atoms with E-state index in [0.717, 1.165) is 37.8 Å². The third-order valence-corrected chi connectivity index (χ3v) is 3.35. The number of halogens is 2. The minimum Gasteiger partial charge on any atom is -0.317 e. The summed E-state index contributed by atoms with van der Waals surface area (Å²) in [6.45, 7) is 4.28. The highest BCUT2D eigenvalue weighted by Gasteiger charge is 2.15. The first kappa shape index (κ1) is 15.6. The molecule has 1 N–H and O–H groups in total. The van der Waals surface area contributed by atoms with Crippen molar-refractivity contribution in [1.82, 2.24) is 20.4 Å². The van der Waals surface area contributed by atoms with Crippen molar-refractivity contribution in [1.29, 1.82) is 0 Å². The number of nitrogens with one attached hydrogen (secondary N) is 1. The predicted molar refractivity (Wildman–Crippen MR) is 76.2 cm³/mol. The van der Waals surface area contributed by atoms with E-state index < -0.39 is 0 Å². The van der Waals surface area contributed by atoms with Crippen LogP contribution in [-0.2, 0) is 6.54 Å². The maximum atomic E-state index is 5.71. The third-order valence-electron chi connectivity index (χ3n) is 3.15. The highest BCUT2D eigenvalue weighted by Crippen LogP contribution is 2.13. The van der Waals surface area contributed by atoms with Gasteiger partial charge in [-0.05, 0) is 51.0 Å². The van der Waals surface area contributed by atoms with Gasteiger partial charge in [-0.1, -0.05) is 11.6 Å². The minimum absolute atomic E-state index is 0. The van der Waals surface area contributed by atoms with Gasteiger partial charge in [0.25, 0.3) is 0 Å². The minimum atomic E-state index is 0. The summed E-state index contributed by atoms with van der Waals surface area (Å²) in [4.78, 5) is 2.31. The predicted octanol–water partition coefficient (Wildman–Crippen LogP) is 1.98. The molecule has 102 valence electrons. The van der Waals surface area contributed by atoms with Gasteiger partial charge in [0.05, 0.1) is 5.69 Å². The Balaban J connectivity index is 0.00000162. The second kappa shape index (κ2) is 7.89. The molecule has 1 aliphatic rings. The average molecular weight is 291 g/mol. The van der Waals surface area contributed by atoms with E-state index in [1.807, 2.05) is 6.07 Å². The van der Waals surface area contributed by atoms with E-state index in [-0.39, 0.29) is 12.4 Å². The lowest BCUT2D eigenvalue weighted by Crippen LogP contribution is -2.34. The van der Waals surface area contributed by atoms with Crippen LogP contribution in [0.1, 0.15) is 18.5 Å². The van der Waals surface area contributed by atoms with Crippen LogP contribution < -0.4 is 5.32 Å². The molecule has 0 aliphatic carbocycles. The molecule has 0 aromatic carbocycles. The number of rotatable bonds is 4. The van der Waals surface area contributed by atoms with Crippen LogP contribution in [0, 0.1) is 5.92 Å². The van der Waals surface area contributed by atoms with Crippen LogP contribution in [0.2, 0.25) is 5.15 Å². The Kier molecular flexibility index (Phi) is 6.86. The largest absolute Gasteiger partial charge is 0.317 e. The summed E-state index contributed by atoms with van der Waals surface area (Å²) in [7, 11) is 2.14. The van der Waals surface area contributed by atoms with Crippen LogP contribution in [0.5, 0.6) is 0 Å². The SMILES string of the molecule is CN(Cc1ccc(Cl)nn1)CC1CCNCC1.Cl. The molecule has 6 heteroatoms. The van der Waals surface area contributed by atoms with Gasteiger partial charge in [0.2, 0.25) is 0 Å². The van der Waals surface area contributed by atoms with E-state index in [4.69, 9.17) is 11.6 Å². The molecule has 1 aromatic heterocycles. The first-order valence-corrected chi connectivity index (χ1v) is 6.49. The Hall–Kier alpha value is -0.420. The molecule has 2 heterocycles. The fourth-order valence-electron chi connectivity index (χ4n) is 2.27. The Labute approximate surface area is 120 Å². The molecule has 0 radical (unpaired) electrons. The average Bonchev–Trinajstić information content (AvgIpc) is 2.33. The standard InChI is InChI=1S/C12H19ClN4.ClH/c1-17(8-10-4-6-14-7-5-10)9-11-2-3-12(13)16-15-11;/h2-3,10,14H,4-9H2,1H3;1H. The van der Waals surface area contributed by atoms with E-state index in [1.165, 1.54) is 12.8 Å². The second-order valence-electron chi connectivity index (χ2n) is 4.74. The van der Waals surface area contributed by atoms with Crippen molar-refractivity contribution in [3.63, 3.8) is 0 Å². The number of hydrogen-bond donors (Lipinski definition) is 1. The van der Waals surface area contributed by atoms with Gasteiger partial charge in [-0.15, -0.1) is 17.5 Å². The van der Waals surface area contributed by atoms with Gasteiger partial charge >= 0.3 is 0 Å². The van der Waals surface area contributed by atoms with Gasteiger partial charge in [0.1, 0.15) is 0 Å². The van der Waals surface area contributed by atoms with E-state index >= 15 is 0 Å². The van der Waals surface area contributed by atoms with Gasteiger partial charge in [0.15, 0.2) is 5.15 Å². The monoisotopic (exact) mass is 290 g/mol. The van der Waals surface area contributed by atoms with Gasteiger partial charge < -0.3 is 10.2 Å². The van der Waals surface area contributed by atoms with Crippen molar-refractivity contribution in [2.45, 2.75) is 19.4 Å². The van der Waals surface area contributed by atoms with E-state index in [2.05, 4.69) is 27.5 Å². The number of piperidine rings is 1. The first-order valence-electron chi connectivity index (χ1n) is 6.11. The van der Waals surface area contributed by atoms with Gasteiger partial charge in [-0.2, -0.15) is 5.10 Å². The zero-order chi connectivity index (χ0) is 12.1. The molecule has 0 spiro atoms. The van der Waals surface area contributed by atoms with Crippen LogP contribution in [-0.4, -0.2) is 41.8 Å². The molecule has 1 fully saturated rings. The number of nitrogens with zero attached hydrogens (tertiary/aromatic N) is 3. The fraction of sp³-hybridized carbons (Fsp3) is 0.667. The maximum Gasteiger partial charge on any atom is 0.151 e. The molecule has 1 saturated heterocycles. The van der Waals surface area contributed by atoms with E-state index in [1.54, 1.807) is 6.07 Å². The topological polar surface area (TPSA) is 41.1 Å². The van der Waals surface area contributed by atoms with Crippen molar-refractivity contribution in [3.8, 4) is 0 Å². The zero-order valence-corrected chi connectivity index (χ0v) is 12.2. The second-order valence-corrected chi connectivity index (χ2v) is 5.12. The van der Waals surface area contributed by atoms with E-state index in [9.17, 15) is 0 Å². The normalized spacial score (nSPS) is 16.6. The summed E-state index contributed by atoms with van der Waals surface area (Å²) in [6.07, 6.45) is 2.55. The van der Waals surface area contributed by atoms with Crippen LogP contribution in [0.4, 0.5) is 0 Å². The molecule has 1 aliphatic heterocycles. The molecule has 2 rings (SSSR count). The summed E-state index contributed by atoms with van der Waals surface area (Å²) < 4.78 is 0. The molecule has 4 nitrogen and oxygen atoms in total. The van der Waals surface area contributed by atoms with Crippen LogP contribution in [0.25, 0.3) is 0 Å². The highest BCUT2D eigenvalue weighted by molar-refractivity contribution is 6.29. The Morgan fingerprint density at radius 2 is 2.06 bits per heavy atom. The lowest BCUT2D eigenvalue weighted by molar-refractivity contribution is 0.232. The van der Waals surface area contributed by atoms with Gasteiger partial charge in [0, 0.05) is 13.1 Å². The number of aromatic nitrogens is 2. The van der Waals surface area contributed by atoms with E-state index in [0.29, 0.717) is 5.15 Å². The van der Waals surface area contributed by atoms with Crippen LogP contribution in [0.15, 0.2) is 12.1 Å². The Bertz CT molecular complexity index is 338. The summed E-state index contributed by atoms with van der Waals surface area (Å²) in [5, 5.41) is 11.8. The molecule has 0 saturated carbocycles. The van der Waals surface area contributed by atoms with Crippen molar-refractivity contribution in [2.75, 3.05) is 26.7 Å². The molecule has 0 unspecified atom stereocenters. The van der Waals surface area contributed by atoms with Crippen molar-refractivity contribution in [3.05, 3.63) is 23.0 Å². The smallest absolute Gasteiger partial charge is 0.151 e.